The number of hydrogen-bond donors (Lipinski definition) is 0. The van der Waals surface area contributed by atoms with Gasteiger partial charge in [-0.1, -0.05) is 65.8 Å². The van der Waals surface area contributed by atoms with Gasteiger partial charge in [-0.15, -0.1) is 0 Å². The van der Waals surface area contributed by atoms with Crippen molar-refractivity contribution in [3.05, 3.63) is 48.0 Å². The highest BCUT2D eigenvalue weighted by Gasteiger charge is 2.48. The first-order chi connectivity index (χ1) is 11.9. The van der Waals surface area contributed by atoms with Crippen LogP contribution in [0.1, 0.15) is 47.1 Å². The number of fused-ring (bicyclic) bond motifs is 1. The molecule has 0 aliphatic heterocycles. The topological polar surface area (TPSA) is 43.1 Å². The Hall–Kier alpha value is -1.86. The number of rotatable bonds is 2. The van der Waals surface area contributed by atoms with Crippen molar-refractivity contribution in [1.29, 1.82) is 0 Å². The number of hydrogen-bond acceptors (Lipinski definition) is 3. The van der Waals surface area contributed by atoms with E-state index in [-0.39, 0.29) is 10.3 Å². The van der Waals surface area contributed by atoms with Gasteiger partial charge in [-0.2, -0.15) is 0 Å². The molecule has 3 nitrogen and oxygen atoms in total. The molecule has 1 heterocycles. The normalized spacial score (nSPS) is 13.3. The molecule has 2 aromatic carbocycles. The van der Waals surface area contributed by atoms with Crippen molar-refractivity contribution in [2.24, 2.45) is 0 Å². The molecular weight excluding hydrogens is 341 g/mol. The van der Waals surface area contributed by atoms with E-state index < -0.39 is 7.14 Å². The second-order valence-electron chi connectivity index (χ2n) is 8.96. The Balaban J connectivity index is 2.30. The highest BCUT2D eigenvalue weighted by Crippen LogP contribution is 2.66. The highest BCUT2D eigenvalue weighted by molar-refractivity contribution is 7.74. The van der Waals surface area contributed by atoms with Crippen LogP contribution in [0.4, 0.5) is 0 Å². The summed E-state index contributed by atoms with van der Waals surface area (Å²) in [6.07, 6.45) is 0. The minimum atomic E-state index is -2.80. The second-order valence-corrected chi connectivity index (χ2v) is 13.3. The van der Waals surface area contributed by atoms with Gasteiger partial charge in [-0.3, -0.25) is 0 Å². The monoisotopic (exact) mass is 369 g/mol. The maximum atomic E-state index is 14.5. The summed E-state index contributed by atoms with van der Waals surface area (Å²) in [7, 11) is -2.80. The van der Waals surface area contributed by atoms with Gasteiger partial charge in [-0.05, 0) is 30.7 Å². The first-order valence-corrected chi connectivity index (χ1v) is 10.7. The Kier molecular flexibility index (Phi) is 4.43. The Morgan fingerprint density at radius 2 is 1.54 bits per heavy atom. The molecule has 0 spiro atoms. The molecule has 0 saturated carbocycles. The van der Waals surface area contributed by atoms with Crippen LogP contribution < -0.4 is 5.30 Å². The molecule has 0 amide bonds. The summed E-state index contributed by atoms with van der Waals surface area (Å²) in [5.74, 6) is 0.537. The Morgan fingerprint density at radius 1 is 0.923 bits per heavy atom. The van der Waals surface area contributed by atoms with Crippen LogP contribution in [0.25, 0.3) is 22.6 Å². The fourth-order valence-corrected chi connectivity index (χ4v) is 8.07. The van der Waals surface area contributed by atoms with Crippen LogP contribution in [-0.2, 0) is 4.57 Å². The van der Waals surface area contributed by atoms with E-state index in [0.717, 1.165) is 27.5 Å². The molecule has 0 fully saturated rings. The maximum absolute atomic E-state index is 14.5. The number of benzene rings is 2. The van der Waals surface area contributed by atoms with E-state index in [1.165, 1.54) is 0 Å². The first-order valence-electron chi connectivity index (χ1n) is 9.02. The van der Waals surface area contributed by atoms with Crippen molar-refractivity contribution in [3.8, 4) is 11.5 Å². The zero-order chi connectivity index (χ0) is 19.3. The summed E-state index contributed by atoms with van der Waals surface area (Å²) < 4.78 is 20.5. The summed E-state index contributed by atoms with van der Waals surface area (Å²) in [6.45, 7) is 14.4. The standard InChI is InChI=1S/C22H28NO2P/c1-15-12-13-18-17(14-15)23-20(25-18)16-10-8-9-11-19(16)26(24,21(2,3)4)22(5,6)7/h8-14H,1-7H3. The van der Waals surface area contributed by atoms with Crippen LogP contribution in [0.5, 0.6) is 0 Å². The van der Waals surface area contributed by atoms with Gasteiger partial charge in [0, 0.05) is 21.2 Å². The molecule has 0 N–H and O–H groups in total. The van der Waals surface area contributed by atoms with Crippen molar-refractivity contribution in [2.75, 3.05) is 0 Å². The van der Waals surface area contributed by atoms with Gasteiger partial charge >= 0.3 is 0 Å². The average Bonchev–Trinajstić information content (AvgIpc) is 2.94. The lowest BCUT2D eigenvalue weighted by molar-refractivity contribution is 0.527. The summed E-state index contributed by atoms with van der Waals surface area (Å²) in [6, 6.07) is 13.8. The molecule has 1 aromatic heterocycles. The second kappa shape index (κ2) is 6.09. The molecule has 0 aliphatic carbocycles. The van der Waals surface area contributed by atoms with E-state index in [4.69, 9.17) is 9.40 Å². The van der Waals surface area contributed by atoms with Crippen LogP contribution in [-0.4, -0.2) is 15.3 Å². The zero-order valence-corrected chi connectivity index (χ0v) is 17.6. The summed E-state index contributed by atoms with van der Waals surface area (Å²) in [4.78, 5) is 4.69. The van der Waals surface area contributed by atoms with Crippen molar-refractivity contribution < 1.29 is 8.98 Å². The molecule has 0 saturated heterocycles. The van der Waals surface area contributed by atoms with E-state index in [1.807, 2.05) is 49.4 Å². The van der Waals surface area contributed by atoms with E-state index in [0.29, 0.717) is 5.89 Å². The van der Waals surface area contributed by atoms with Gasteiger partial charge in [0.25, 0.3) is 0 Å². The molecule has 0 unspecified atom stereocenters. The van der Waals surface area contributed by atoms with Gasteiger partial charge < -0.3 is 8.98 Å². The number of nitrogens with zero attached hydrogens (tertiary/aromatic N) is 1. The molecule has 0 aliphatic rings. The van der Waals surface area contributed by atoms with Crippen molar-refractivity contribution in [3.63, 3.8) is 0 Å². The molecule has 26 heavy (non-hydrogen) atoms. The number of aromatic nitrogens is 1. The van der Waals surface area contributed by atoms with Crippen LogP contribution in [0, 0.1) is 6.92 Å². The van der Waals surface area contributed by atoms with E-state index >= 15 is 0 Å². The summed E-state index contributed by atoms with van der Waals surface area (Å²) in [5.41, 5.74) is 3.55. The molecule has 4 heteroatoms. The molecule has 138 valence electrons. The smallest absolute Gasteiger partial charge is 0.228 e. The Morgan fingerprint density at radius 3 is 2.15 bits per heavy atom. The summed E-state index contributed by atoms with van der Waals surface area (Å²) >= 11 is 0. The van der Waals surface area contributed by atoms with Gasteiger partial charge in [-0.25, -0.2) is 4.98 Å². The van der Waals surface area contributed by atoms with Gasteiger partial charge in [0.2, 0.25) is 5.89 Å². The van der Waals surface area contributed by atoms with E-state index in [9.17, 15) is 4.57 Å². The lowest BCUT2D eigenvalue weighted by Crippen LogP contribution is -2.35. The zero-order valence-electron chi connectivity index (χ0n) is 16.8. The molecule has 3 rings (SSSR count). The lowest BCUT2D eigenvalue weighted by atomic mass is 10.2. The molecule has 0 bridgehead atoms. The molecule has 0 atom stereocenters. The summed E-state index contributed by atoms with van der Waals surface area (Å²) in [5, 5.41) is 0.108. The predicted octanol–water partition coefficient (Wildman–Crippen LogP) is 6.39. The van der Waals surface area contributed by atoms with Gasteiger partial charge in [0.1, 0.15) is 12.7 Å². The third kappa shape index (κ3) is 2.93. The van der Waals surface area contributed by atoms with Crippen molar-refractivity contribution >= 4 is 23.5 Å². The van der Waals surface area contributed by atoms with Crippen LogP contribution in [0.3, 0.4) is 0 Å². The van der Waals surface area contributed by atoms with Crippen LogP contribution in [0.2, 0.25) is 0 Å². The van der Waals surface area contributed by atoms with Gasteiger partial charge in [0.05, 0.1) is 0 Å². The SMILES string of the molecule is Cc1ccc2oc(-c3ccccc3P(=O)(C(C)(C)C)C(C)(C)C)nc2c1. The van der Waals surface area contributed by atoms with Crippen molar-refractivity contribution in [2.45, 2.75) is 58.8 Å². The minimum Gasteiger partial charge on any atom is -0.436 e. The maximum Gasteiger partial charge on any atom is 0.228 e. The minimum absolute atomic E-state index is 0.371. The molecule has 3 aromatic rings. The van der Waals surface area contributed by atoms with Crippen LogP contribution in [0.15, 0.2) is 46.9 Å². The molecule has 0 radical (unpaired) electrons. The number of oxazole rings is 1. The average molecular weight is 369 g/mol. The van der Waals surface area contributed by atoms with Gasteiger partial charge in [0.15, 0.2) is 5.58 Å². The van der Waals surface area contributed by atoms with Crippen LogP contribution >= 0.6 is 7.14 Å². The first kappa shape index (κ1) is 18.9. The molecular formula is C22H28NO2P. The quantitative estimate of drug-likeness (QED) is 0.492. The van der Waals surface area contributed by atoms with E-state index in [2.05, 4.69) is 41.5 Å². The fraction of sp³-hybridized carbons (Fsp3) is 0.409. The van der Waals surface area contributed by atoms with Crippen molar-refractivity contribution in [1.82, 2.24) is 4.98 Å². The van der Waals surface area contributed by atoms with E-state index in [1.54, 1.807) is 0 Å². The Bertz CT molecular complexity index is 985. The third-order valence-electron chi connectivity index (χ3n) is 4.91. The number of aryl methyl sites for hydroxylation is 1. The largest absolute Gasteiger partial charge is 0.436 e. The third-order valence-corrected chi connectivity index (χ3v) is 9.75. The predicted molar refractivity (Wildman–Crippen MR) is 111 cm³/mol. The highest BCUT2D eigenvalue weighted by atomic mass is 31.2. The lowest BCUT2D eigenvalue weighted by Gasteiger charge is -2.42. The fourth-order valence-electron chi connectivity index (χ4n) is 3.81. The Labute approximate surface area is 156 Å².